The largest absolute Gasteiger partial charge is 0.469 e. The number of hydrogen-bond donors (Lipinski definition) is 1. The molecule has 0 spiro atoms. The molecular weight excluding hydrogens is 273 g/mol. The van der Waals surface area contributed by atoms with Gasteiger partial charge in [-0.25, -0.2) is 4.39 Å². The minimum absolute atomic E-state index is 0.103. The molecular formula is C16H20FNO3. The molecule has 1 aliphatic rings. The molecule has 1 saturated carbocycles. The highest BCUT2D eigenvalue weighted by molar-refractivity contribution is 6.00. The highest BCUT2D eigenvalue weighted by Crippen LogP contribution is 2.22. The van der Waals surface area contributed by atoms with Crippen molar-refractivity contribution >= 4 is 11.8 Å². The molecule has 0 aliphatic heterocycles. The highest BCUT2D eigenvalue weighted by atomic mass is 19.1. The summed E-state index contributed by atoms with van der Waals surface area (Å²) >= 11 is 0. The summed E-state index contributed by atoms with van der Waals surface area (Å²) in [6, 6.07) is 4.26. The van der Waals surface area contributed by atoms with Crippen LogP contribution in [0, 0.1) is 12.7 Å². The van der Waals surface area contributed by atoms with Crippen LogP contribution in [0.25, 0.3) is 0 Å². The lowest BCUT2D eigenvalue weighted by molar-refractivity contribution is -0.140. The number of Topliss-reactive ketones (excluding diaryl/α,β-unsaturated/α-hetero) is 1. The van der Waals surface area contributed by atoms with Gasteiger partial charge < -0.3 is 10.1 Å². The average Bonchev–Trinajstić information content (AvgIpc) is 3.29. The lowest BCUT2D eigenvalue weighted by Crippen LogP contribution is -2.38. The molecule has 1 atom stereocenters. The van der Waals surface area contributed by atoms with Crippen molar-refractivity contribution in [3.8, 4) is 0 Å². The van der Waals surface area contributed by atoms with Crippen LogP contribution in [0.5, 0.6) is 0 Å². The van der Waals surface area contributed by atoms with Crippen molar-refractivity contribution in [3.63, 3.8) is 0 Å². The molecule has 1 aromatic carbocycles. The number of nitrogens with one attached hydrogen (secondary N) is 1. The summed E-state index contributed by atoms with van der Waals surface area (Å²) in [5.74, 6) is -0.762. The van der Waals surface area contributed by atoms with Gasteiger partial charge in [0.1, 0.15) is 5.82 Å². The minimum Gasteiger partial charge on any atom is -0.469 e. The molecule has 1 aromatic rings. The van der Waals surface area contributed by atoms with Crippen molar-refractivity contribution < 1.29 is 18.7 Å². The van der Waals surface area contributed by atoms with Crippen molar-refractivity contribution in [2.45, 2.75) is 44.7 Å². The van der Waals surface area contributed by atoms with Crippen LogP contribution in [0.2, 0.25) is 0 Å². The predicted octanol–water partition coefficient (Wildman–Crippen LogP) is 2.39. The van der Waals surface area contributed by atoms with Gasteiger partial charge in [-0.05, 0) is 49.9 Å². The van der Waals surface area contributed by atoms with Crippen LogP contribution in [0.3, 0.4) is 0 Å². The molecule has 1 fully saturated rings. The number of methoxy groups -OCH3 is 1. The molecule has 1 unspecified atom stereocenters. The van der Waals surface area contributed by atoms with Crippen molar-refractivity contribution in [1.82, 2.24) is 5.32 Å². The summed E-state index contributed by atoms with van der Waals surface area (Å²) in [5, 5.41) is 3.25. The quantitative estimate of drug-likeness (QED) is 0.619. The Kier molecular flexibility index (Phi) is 5.07. The van der Waals surface area contributed by atoms with Crippen molar-refractivity contribution in [1.29, 1.82) is 0 Å². The first-order valence-corrected chi connectivity index (χ1v) is 7.14. The first kappa shape index (κ1) is 15.6. The lowest BCUT2D eigenvalue weighted by Gasteiger charge is -2.17. The zero-order valence-corrected chi connectivity index (χ0v) is 12.3. The Balaban J connectivity index is 2.08. The van der Waals surface area contributed by atoms with E-state index in [-0.39, 0.29) is 24.0 Å². The van der Waals surface area contributed by atoms with E-state index in [2.05, 4.69) is 10.1 Å². The molecule has 0 saturated heterocycles. The maximum absolute atomic E-state index is 13.3. The molecule has 114 valence electrons. The fourth-order valence-corrected chi connectivity index (χ4v) is 2.19. The Labute approximate surface area is 123 Å². The Morgan fingerprint density at radius 3 is 2.71 bits per heavy atom. The third kappa shape index (κ3) is 4.36. The lowest BCUT2D eigenvalue weighted by atomic mass is 9.98. The zero-order chi connectivity index (χ0) is 15.4. The van der Waals surface area contributed by atoms with Crippen LogP contribution in [0.15, 0.2) is 18.2 Å². The Hall–Kier alpha value is -1.75. The molecule has 0 bridgehead atoms. The third-order valence-corrected chi connectivity index (χ3v) is 3.64. The molecule has 0 aromatic heterocycles. The summed E-state index contributed by atoms with van der Waals surface area (Å²) < 4.78 is 17.9. The van der Waals surface area contributed by atoms with Crippen molar-refractivity contribution in [2.24, 2.45) is 0 Å². The number of carbonyl (C=O) groups is 2. The van der Waals surface area contributed by atoms with Gasteiger partial charge >= 0.3 is 5.97 Å². The molecule has 5 heteroatoms. The third-order valence-electron chi connectivity index (χ3n) is 3.64. The second-order valence-electron chi connectivity index (χ2n) is 5.44. The van der Waals surface area contributed by atoms with Crippen LogP contribution < -0.4 is 5.32 Å². The van der Waals surface area contributed by atoms with Gasteiger partial charge in [-0.3, -0.25) is 9.59 Å². The fraction of sp³-hybridized carbons (Fsp3) is 0.500. The van der Waals surface area contributed by atoms with E-state index >= 15 is 0 Å². The monoisotopic (exact) mass is 293 g/mol. The van der Waals surface area contributed by atoms with Crippen LogP contribution in [0.4, 0.5) is 4.39 Å². The number of carbonyl (C=O) groups excluding carboxylic acids is 2. The second kappa shape index (κ2) is 6.80. The molecule has 1 aliphatic carbocycles. The maximum atomic E-state index is 13.3. The molecule has 2 rings (SSSR count). The number of ketones is 1. The minimum atomic E-state index is -0.429. The van der Waals surface area contributed by atoms with Gasteiger partial charge in [0.2, 0.25) is 0 Å². The fourth-order valence-electron chi connectivity index (χ4n) is 2.19. The standard InChI is InChI=1S/C16H20FNO3/c1-10-9-11(3-6-13(10)17)16(20)14(18-12-4-5-12)7-8-15(19)21-2/h3,6,9,12,14,18H,4-5,7-8H2,1-2H3. The van der Waals surface area contributed by atoms with E-state index in [1.807, 2.05) is 0 Å². The van der Waals surface area contributed by atoms with Crippen molar-refractivity contribution in [3.05, 3.63) is 35.1 Å². The number of ether oxygens (including phenoxy) is 1. The topological polar surface area (TPSA) is 55.4 Å². The van der Waals surface area contributed by atoms with Crippen LogP contribution in [-0.4, -0.2) is 30.9 Å². The second-order valence-corrected chi connectivity index (χ2v) is 5.44. The number of rotatable bonds is 7. The SMILES string of the molecule is COC(=O)CCC(NC1CC1)C(=O)c1ccc(F)c(C)c1. The summed E-state index contributed by atoms with van der Waals surface area (Å²) in [4.78, 5) is 23.8. The zero-order valence-electron chi connectivity index (χ0n) is 12.3. The molecule has 0 amide bonds. The predicted molar refractivity (Wildman–Crippen MR) is 76.7 cm³/mol. The van der Waals surface area contributed by atoms with Crippen molar-refractivity contribution in [2.75, 3.05) is 7.11 Å². The van der Waals surface area contributed by atoms with E-state index in [0.29, 0.717) is 23.6 Å². The number of esters is 1. The summed E-state index contributed by atoms with van der Waals surface area (Å²) in [6.45, 7) is 1.63. The molecule has 21 heavy (non-hydrogen) atoms. The first-order chi connectivity index (χ1) is 10.0. The molecule has 4 nitrogen and oxygen atoms in total. The van der Waals surface area contributed by atoms with Gasteiger partial charge in [0.15, 0.2) is 5.78 Å². The van der Waals surface area contributed by atoms with Crippen LogP contribution in [0.1, 0.15) is 41.6 Å². The molecule has 1 N–H and O–H groups in total. The van der Waals surface area contributed by atoms with E-state index in [1.54, 1.807) is 13.0 Å². The summed E-state index contributed by atoms with van der Waals surface area (Å²) in [7, 11) is 1.33. The van der Waals surface area contributed by atoms with Gasteiger partial charge in [0.05, 0.1) is 13.2 Å². The van der Waals surface area contributed by atoms with E-state index in [1.165, 1.54) is 19.2 Å². The van der Waals surface area contributed by atoms with E-state index in [4.69, 9.17) is 0 Å². The van der Waals surface area contributed by atoms with Gasteiger partial charge in [-0.15, -0.1) is 0 Å². The summed E-state index contributed by atoms with van der Waals surface area (Å²) in [6.07, 6.45) is 2.67. The van der Waals surface area contributed by atoms with E-state index in [0.717, 1.165) is 12.8 Å². The first-order valence-electron chi connectivity index (χ1n) is 7.14. The van der Waals surface area contributed by atoms with E-state index in [9.17, 15) is 14.0 Å². The van der Waals surface area contributed by atoms with Gasteiger partial charge in [-0.2, -0.15) is 0 Å². The summed E-state index contributed by atoms with van der Waals surface area (Å²) in [5.41, 5.74) is 0.913. The Morgan fingerprint density at radius 2 is 2.14 bits per heavy atom. The average molecular weight is 293 g/mol. The Bertz CT molecular complexity index is 540. The van der Waals surface area contributed by atoms with Gasteiger partial charge in [-0.1, -0.05) is 0 Å². The van der Waals surface area contributed by atoms with Gasteiger partial charge in [0.25, 0.3) is 0 Å². The number of hydrogen-bond acceptors (Lipinski definition) is 4. The maximum Gasteiger partial charge on any atom is 0.305 e. The Morgan fingerprint density at radius 1 is 1.43 bits per heavy atom. The van der Waals surface area contributed by atoms with E-state index < -0.39 is 6.04 Å². The number of benzene rings is 1. The molecule has 0 radical (unpaired) electrons. The number of aryl methyl sites for hydroxylation is 1. The highest BCUT2D eigenvalue weighted by Gasteiger charge is 2.29. The number of halogens is 1. The van der Waals surface area contributed by atoms with Crippen LogP contribution >= 0.6 is 0 Å². The van der Waals surface area contributed by atoms with Crippen LogP contribution in [-0.2, 0) is 9.53 Å². The molecule has 0 heterocycles. The smallest absolute Gasteiger partial charge is 0.305 e. The van der Waals surface area contributed by atoms with Gasteiger partial charge in [0, 0.05) is 18.0 Å². The normalized spacial score (nSPS) is 15.6.